The van der Waals surface area contributed by atoms with Gasteiger partial charge in [-0.2, -0.15) is 0 Å². The van der Waals surface area contributed by atoms with Crippen LogP contribution >= 0.6 is 0 Å². The highest BCUT2D eigenvalue weighted by Crippen LogP contribution is 2.27. The fraction of sp³-hybridized carbons (Fsp3) is 0.524. The molecule has 1 fully saturated rings. The second-order valence-electron chi connectivity index (χ2n) is 7.55. The van der Waals surface area contributed by atoms with Gasteiger partial charge in [-0.25, -0.2) is 9.97 Å². The molecule has 0 aromatic carbocycles. The summed E-state index contributed by atoms with van der Waals surface area (Å²) in [5, 5.41) is 2.86. The molecule has 0 saturated carbocycles. The zero-order valence-corrected chi connectivity index (χ0v) is 17.0. The number of carbonyl (C=O) groups is 2. The van der Waals surface area contributed by atoms with Crippen LogP contribution in [0.15, 0.2) is 29.1 Å². The van der Waals surface area contributed by atoms with Gasteiger partial charge in [0.2, 0.25) is 0 Å². The Balaban J connectivity index is 1.76. The van der Waals surface area contributed by atoms with E-state index < -0.39 is 0 Å². The molecular weight excluding hydrogens is 356 g/mol. The SMILES string of the molecule is COC[C@H]1CCCN1c1ncnc(C(=O)NCC2=C(C)C=C(C)CC2=O)c1C. The number of hydrogen-bond donors (Lipinski definition) is 1. The lowest BCUT2D eigenvalue weighted by atomic mass is 9.92. The van der Waals surface area contributed by atoms with Gasteiger partial charge in [-0.05, 0) is 39.2 Å². The van der Waals surface area contributed by atoms with Gasteiger partial charge >= 0.3 is 0 Å². The molecule has 1 aromatic heterocycles. The third-order valence-electron chi connectivity index (χ3n) is 5.42. The molecule has 28 heavy (non-hydrogen) atoms. The molecule has 1 aliphatic carbocycles. The molecule has 0 bridgehead atoms. The summed E-state index contributed by atoms with van der Waals surface area (Å²) in [6, 6.07) is 0.261. The van der Waals surface area contributed by atoms with Crippen LogP contribution < -0.4 is 10.2 Å². The molecule has 1 atom stereocenters. The number of carbonyl (C=O) groups excluding carboxylic acids is 2. The van der Waals surface area contributed by atoms with Gasteiger partial charge in [0.1, 0.15) is 17.8 Å². The van der Waals surface area contributed by atoms with Crippen LogP contribution in [0.2, 0.25) is 0 Å². The van der Waals surface area contributed by atoms with Crippen molar-refractivity contribution in [3.05, 3.63) is 40.4 Å². The van der Waals surface area contributed by atoms with Gasteiger partial charge in [0.05, 0.1) is 12.6 Å². The number of hydrogen-bond acceptors (Lipinski definition) is 6. The van der Waals surface area contributed by atoms with Gasteiger partial charge in [0.15, 0.2) is 5.78 Å². The van der Waals surface area contributed by atoms with Crippen LogP contribution in [0, 0.1) is 6.92 Å². The first kappa shape index (κ1) is 20.2. The van der Waals surface area contributed by atoms with Gasteiger partial charge in [0.25, 0.3) is 5.91 Å². The van der Waals surface area contributed by atoms with E-state index in [0.29, 0.717) is 24.3 Å². The molecule has 3 rings (SSSR count). The second kappa shape index (κ2) is 8.65. The van der Waals surface area contributed by atoms with Crippen molar-refractivity contribution in [2.24, 2.45) is 0 Å². The molecule has 1 aromatic rings. The molecule has 0 unspecified atom stereocenters. The van der Waals surface area contributed by atoms with E-state index in [1.54, 1.807) is 7.11 Å². The van der Waals surface area contributed by atoms with Crippen molar-refractivity contribution in [2.75, 3.05) is 31.7 Å². The van der Waals surface area contributed by atoms with E-state index in [4.69, 9.17) is 4.74 Å². The number of ether oxygens (including phenoxy) is 1. The van der Waals surface area contributed by atoms with Crippen molar-refractivity contribution >= 4 is 17.5 Å². The van der Waals surface area contributed by atoms with Crippen molar-refractivity contribution in [3.8, 4) is 0 Å². The maximum Gasteiger partial charge on any atom is 0.270 e. The Morgan fingerprint density at radius 3 is 2.82 bits per heavy atom. The summed E-state index contributed by atoms with van der Waals surface area (Å²) >= 11 is 0. The average molecular weight is 384 g/mol. The Morgan fingerprint density at radius 1 is 1.32 bits per heavy atom. The fourth-order valence-corrected chi connectivity index (χ4v) is 4.02. The highest BCUT2D eigenvalue weighted by Gasteiger charge is 2.28. The number of ketones is 1. The summed E-state index contributed by atoms with van der Waals surface area (Å²) in [6.45, 7) is 7.45. The van der Waals surface area contributed by atoms with E-state index in [-0.39, 0.29) is 24.3 Å². The Labute approximate surface area is 165 Å². The summed E-state index contributed by atoms with van der Waals surface area (Å²) < 4.78 is 5.32. The average Bonchev–Trinajstić information content (AvgIpc) is 3.09. The van der Waals surface area contributed by atoms with Crippen LogP contribution in [-0.2, 0) is 9.53 Å². The summed E-state index contributed by atoms with van der Waals surface area (Å²) in [5.74, 6) is 0.558. The van der Waals surface area contributed by atoms with Crippen molar-refractivity contribution in [2.45, 2.75) is 46.1 Å². The van der Waals surface area contributed by atoms with Crippen LogP contribution in [0.3, 0.4) is 0 Å². The van der Waals surface area contributed by atoms with Gasteiger partial charge in [0, 0.05) is 37.8 Å². The molecule has 7 heteroatoms. The van der Waals surface area contributed by atoms with Crippen LogP contribution in [0.4, 0.5) is 5.82 Å². The molecule has 2 heterocycles. The minimum atomic E-state index is -0.289. The largest absolute Gasteiger partial charge is 0.383 e. The van der Waals surface area contributed by atoms with Crippen LogP contribution in [-0.4, -0.2) is 54.5 Å². The van der Waals surface area contributed by atoms with Crippen molar-refractivity contribution in [3.63, 3.8) is 0 Å². The number of nitrogens with one attached hydrogen (secondary N) is 1. The van der Waals surface area contributed by atoms with Crippen molar-refractivity contribution in [1.29, 1.82) is 0 Å². The molecule has 150 valence electrons. The van der Waals surface area contributed by atoms with Crippen LogP contribution in [0.25, 0.3) is 0 Å². The molecule has 0 radical (unpaired) electrons. The van der Waals surface area contributed by atoms with Crippen molar-refractivity contribution in [1.82, 2.24) is 15.3 Å². The maximum atomic E-state index is 12.8. The number of allylic oxidation sites excluding steroid dienone is 3. The standard InChI is InChI=1S/C21H28N4O3/c1-13-8-14(2)17(18(26)9-13)10-22-21(27)19-15(3)20(24-12-23-19)25-7-5-6-16(25)11-28-4/h8,12,16H,5-7,9-11H2,1-4H3,(H,22,27)/t16-/m1/s1. The highest BCUT2D eigenvalue weighted by molar-refractivity contribution is 6.01. The maximum absolute atomic E-state index is 12.8. The number of rotatable bonds is 6. The highest BCUT2D eigenvalue weighted by atomic mass is 16.5. The van der Waals surface area contributed by atoms with E-state index in [9.17, 15) is 9.59 Å². The topological polar surface area (TPSA) is 84.4 Å². The number of anilines is 1. The molecular formula is C21H28N4O3. The lowest BCUT2D eigenvalue weighted by Gasteiger charge is -2.27. The van der Waals surface area contributed by atoms with E-state index in [1.807, 2.05) is 26.8 Å². The normalized spacial score (nSPS) is 19.9. The minimum Gasteiger partial charge on any atom is -0.383 e. The predicted molar refractivity (Wildman–Crippen MR) is 107 cm³/mol. The quantitative estimate of drug-likeness (QED) is 0.811. The number of amides is 1. The molecule has 0 spiro atoms. The monoisotopic (exact) mass is 384 g/mol. The molecule has 7 nitrogen and oxygen atoms in total. The Morgan fingerprint density at radius 2 is 2.11 bits per heavy atom. The van der Waals surface area contributed by atoms with Crippen molar-refractivity contribution < 1.29 is 14.3 Å². The third-order valence-corrected chi connectivity index (χ3v) is 5.42. The van der Waals surface area contributed by atoms with Gasteiger partial charge in [-0.3, -0.25) is 9.59 Å². The number of Topliss-reactive ketones (excluding diaryl/α,β-unsaturated/α-hetero) is 1. The molecule has 1 N–H and O–H groups in total. The number of nitrogens with zero attached hydrogens (tertiary/aromatic N) is 3. The molecule has 2 aliphatic rings. The van der Waals surface area contributed by atoms with Crippen LogP contribution in [0.1, 0.15) is 49.2 Å². The van der Waals surface area contributed by atoms with E-state index in [2.05, 4.69) is 20.2 Å². The second-order valence-corrected chi connectivity index (χ2v) is 7.55. The zero-order valence-electron chi connectivity index (χ0n) is 17.0. The van der Waals surface area contributed by atoms with Gasteiger partial charge in [-0.1, -0.05) is 11.6 Å². The van der Waals surface area contributed by atoms with Crippen LogP contribution in [0.5, 0.6) is 0 Å². The molecule has 1 aliphatic heterocycles. The first-order valence-electron chi connectivity index (χ1n) is 9.67. The third kappa shape index (κ3) is 4.14. The van der Waals surface area contributed by atoms with E-state index >= 15 is 0 Å². The molecule has 1 saturated heterocycles. The summed E-state index contributed by atoms with van der Waals surface area (Å²) in [4.78, 5) is 35.9. The number of methoxy groups -OCH3 is 1. The Kier molecular flexibility index (Phi) is 6.24. The smallest absolute Gasteiger partial charge is 0.270 e. The van der Waals surface area contributed by atoms with E-state index in [0.717, 1.165) is 41.9 Å². The van der Waals surface area contributed by atoms with Gasteiger partial charge < -0.3 is 15.0 Å². The summed E-state index contributed by atoms with van der Waals surface area (Å²) in [7, 11) is 1.70. The first-order chi connectivity index (χ1) is 13.4. The molecule has 1 amide bonds. The zero-order chi connectivity index (χ0) is 20.3. The Bertz CT molecular complexity index is 844. The van der Waals surface area contributed by atoms with E-state index in [1.165, 1.54) is 6.33 Å². The Hall–Kier alpha value is -2.54. The first-order valence-corrected chi connectivity index (χ1v) is 9.67. The minimum absolute atomic E-state index is 0.0670. The number of aromatic nitrogens is 2. The lowest BCUT2D eigenvalue weighted by molar-refractivity contribution is -0.115. The summed E-state index contributed by atoms with van der Waals surface area (Å²) in [5.41, 5.74) is 3.71. The fourth-order valence-electron chi connectivity index (χ4n) is 4.02. The predicted octanol–water partition coefficient (Wildman–Crippen LogP) is 2.37. The summed E-state index contributed by atoms with van der Waals surface area (Å²) in [6.07, 6.45) is 5.96. The lowest BCUT2D eigenvalue weighted by Crippen LogP contribution is -2.35. The van der Waals surface area contributed by atoms with Gasteiger partial charge in [-0.15, -0.1) is 0 Å².